The number of ether oxygens (including phenoxy) is 1. The van der Waals surface area contributed by atoms with E-state index in [1.54, 1.807) is 29.1 Å². The molecule has 2 aliphatic rings. The summed E-state index contributed by atoms with van der Waals surface area (Å²) in [6.07, 6.45) is 4.13. The van der Waals surface area contributed by atoms with Crippen LogP contribution in [-0.2, 0) is 4.79 Å². The second-order valence-electron chi connectivity index (χ2n) is 9.55. The first kappa shape index (κ1) is 24.1. The Hall–Kier alpha value is -2.59. The van der Waals surface area contributed by atoms with Crippen molar-refractivity contribution in [1.82, 2.24) is 14.8 Å². The molecule has 2 amide bonds. The zero-order valence-electron chi connectivity index (χ0n) is 19.8. The molecule has 1 aromatic heterocycles. The fraction of sp³-hybridized carbons (Fsp3) is 0.640. The summed E-state index contributed by atoms with van der Waals surface area (Å²) in [4.78, 5) is 33.8. The lowest BCUT2D eigenvalue weighted by Crippen LogP contribution is -2.50. The smallest absolute Gasteiger partial charge is 0.259 e. The summed E-state index contributed by atoms with van der Waals surface area (Å²) in [6.45, 7) is 8.51. The van der Waals surface area contributed by atoms with Crippen LogP contribution in [0.1, 0.15) is 62.9 Å². The van der Waals surface area contributed by atoms with Crippen LogP contribution in [0.5, 0.6) is 5.88 Å². The molecule has 7 heteroatoms. The highest BCUT2D eigenvalue weighted by Gasteiger charge is 2.35. The van der Waals surface area contributed by atoms with Crippen LogP contribution < -0.4 is 4.74 Å². The van der Waals surface area contributed by atoms with E-state index >= 15 is 0 Å². The molecule has 1 N–H and O–H groups in total. The number of carbonyl (C=O) groups excluding carboxylic acids is 2. The van der Waals surface area contributed by atoms with Gasteiger partial charge in [0.1, 0.15) is 11.7 Å². The normalized spacial score (nSPS) is 21.6. The highest BCUT2D eigenvalue weighted by Crippen LogP contribution is 2.33. The van der Waals surface area contributed by atoms with Gasteiger partial charge in [-0.05, 0) is 31.7 Å². The number of nitrogens with zero attached hydrogens (tertiary/aromatic N) is 3. The minimum Gasteiger partial charge on any atom is -0.472 e. The van der Waals surface area contributed by atoms with Crippen LogP contribution in [0.4, 0.5) is 0 Å². The Morgan fingerprint density at radius 3 is 2.72 bits per heavy atom. The van der Waals surface area contributed by atoms with E-state index in [1.165, 1.54) is 0 Å². The van der Waals surface area contributed by atoms with E-state index in [0.717, 1.165) is 12.8 Å². The van der Waals surface area contributed by atoms with Crippen LogP contribution in [0.25, 0.3) is 0 Å². The van der Waals surface area contributed by atoms with Crippen molar-refractivity contribution in [2.24, 2.45) is 17.8 Å². The third-order valence-electron chi connectivity index (χ3n) is 6.07. The zero-order valence-corrected chi connectivity index (χ0v) is 19.8. The van der Waals surface area contributed by atoms with Gasteiger partial charge >= 0.3 is 0 Å². The molecule has 3 atom stereocenters. The summed E-state index contributed by atoms with van der Waals surface area (Å²) >= 11 is 0. The highest BCUT2D eigenvalue weighted by molar-refractivity contribution is 5.97. The quantitative estimate of drug-likeness (QED) is 0.686. The number of aromatic nitrogens is 1. The average molecular weight is 442 g/mol. The molecule has 0 unspecified atom stereocenters. The Labute approximate surface area is 191 Å². The van der Waals surface area contributed by atoms with Crippen LogP contribution in [0.2, 0.25) is 0 Å². The maximum absolute atomic E-state index is 13.4. The second-order valence-corrected chi connectivity index (χ2v) is 9.55. The van der Waals surface area contributed by atoms with Crippen LogP contribution >= 0.6 is 0 Å². The molecular weight excluding hydrogens is 406 g/mol. The minimum atomic E-state index is -0.351. The third kappa shape index (κ3) is 6.01. The van der Waals surface area contributed by atoms with Crippen molar-refractivity contribution >= 4 is 11.8 Å². The molecule has 7 nitrogen and oxygen atoms in total. The van der Waals surface area contributed by atoms with Crippen molar-refractivity contribution in [1.29, 1.82) is 0 Å². The first-order valence-corrected chi connectivity index (χ1v) is 11.5. The second kappa shape index (κ2) is 10.4. The maximum atomic E-state index is 13.4. The van der Waals surface area contributed by atoms with E-state index in [0.29, 0.717) is 36.6 Å². The van der Waals surface area contributed by atoms with E-state index in [-0.39, 0.29) is 48.3 Å². The predicted octanol–water partition coefficient (Wildman–Crippen LogP) is 2.57. The van der Waals surface area contributed by atoms with Gasteiger partial charge in [-0.25, -0.2) is 4.98 Å². The van der Waals surface area contributed by atoms with E-state index in [1.807, 2.05) is 27.7 Å². The largest absolute Gasteiger partial charge is 0.472 e. The number of aliphatic hydroxyl groups is 1. The number of aliphatic hydroxyl groups excluding tert-OH is 1. The van der Waals surface area contributed by atoms with Gasteiger partial charge < -0.3 is 19.6 Å². The maximum Gasteiger partial charge on any atom is 0.259 e. The summed E-state index contributed by atoms with van der Waals surface area (Å²) in [5.74, 6) is 6.95. The topological polar surface area (TPSA) is 83.0 Å². The van der Waals surface area contributed by atoms with Crippen LogP contribution in [0, 0.1) is 29.6 Å². The molecule has 0 spiro atoms. The third-order valence-corrected chi connectivity index (χ3v) is 6.07. The van der Waals surface area contributed by atoms with Gasteiger partial charge in [0.25, 0.3) is 5.91 Å². The zero-order chi connectivity index (χ0) is 23.4. The van der Waals surface area contributed by atoms with Gasteiger partial charge in [-0.2, -0.15) is 0 Å². The first-order valence-electron chi connectivity index (χ1n) is 11.5. The molecule has 0 saturated heterocycles. The number of likely N-dealkylation sites (N-methyl/N-ethyl adjacent to an activating group) is 1. The summed E-state index contributed by atoms with van der Waals surface area (Å²) < 4.78 is 6.24. The molecule has 32 heavy (non-hydrogen) atoms. The fourth-order valence-electron chi connectivity index (χ4n) is 3.71. The standard InChI is InChI=1S/C25H35N3O4/c1-16(2)6-7-20-10-21-24(26-12-20)32-22(14-27(5)23(30)11-19-8-9-19)17(3)13-28(25(21)31)18(4)15-29/h10,12,16-19,22,29H,8-9,11,13-15H2,1-5H3/t17-,18+,22+/m0/s1. The molecule has 0 bridgehead atoms. The monoisotopic (exact) mass is 441 g/mol. The van der Waals surface area contributed by atoms with E-state index in [2.05, 4.69) is 16.8 Å². The lowest BCUT2D eigenvalue weighted by atomic mass is 9.99. The molecule has 1 saturated carbocycles. The molecule has 1 aliphatic carbocycles. The Balaban J connectivity index is 1.91. The van der Waals surface area contributed by atoms with Crippen LogP contribution in [-0.4, -0.2) is 70.6 Å². The molecule has 0 aromatic carbocycles. The molecule has 2 heterocycles. The Kier molecular flexibility index (Phi) is 7.78. The molecule has 1 aliphatic heterocycles. The summed E-state index contributed by atoms with van der Waals surface area (Å²) in [5, 5.41) is 9.76. The minimum absolute atomic E-state index is 0.0560. The Morgan fingerprint density at radius 2 is 2.09 bits per heavy atom. The molecule has 3 rings (SSSR count). The van der Waals surface area contributed by atoms with E-state index in [9.17, 15) is 14.7 Å². The number of fused-ring (bicyclic) bond motifs is 1. The van der Waals surface area contributed by atoms with Gasteiger partial charge in [-0.3, -0.25) is 9.59 Å². The highest BCUT2D eigenvalue weighted by atomic mass is 16.5. The van der Waals surface area contributed by atoms with Crippen molar-refractivity contribution in [3.63, 3.8) is 0 Å². The fourth-order valence-corrected chi connectivity index (χ4v) is 3.71. The van der Waals surface area contributed by atoms with Gasteiger partial charge in [0, 0.05) is 43.6 Å². The summed E-state index contributed by atoms with van der Waals surface area (Å²) in [7, 11) is 1.80. The summed E-state index contributed by atoms with van der Waals surface area (Å²) in [6, 6.07) is 1.36. The number of hydrogen-bond acceptors (Lipinski definition) is 5. The van der Waals surface area contributed by atoms with E-state index < -0.39 is 0 Å². The number of rotatable bonds is 6. The Bertz CT molecular complexity index is 900. The van der Waals surface area contributed by atoms with Gasteiger partial charge in [0.05, 0.1) is 19.2 Å². The molecule has 174 valence electrons. The van der Waals surface area contributed by atoms with Crippen LogP contribution in [0.15, 0.2) is 12.3 Å². The van der Waals surface area contributed by atoms with Gasteiger partial charge in [0.2, 0.25) is 11.8 Å². The number of hydrogen-bond donors (Lipinski definition) is 1. The number of pyridine rings is 1. The molecule has 0 radical (unpaired) electrons. The molecule has 1 fully saturated rings. The van der Waals surface area contributed by atoms with Gasteiger partial charge in [-0.1, -0.05) is 32.6 Å². The van der Waals surface area contributed by atoms with Gasteiger partial charge in [-0.15, -0.1) is 0 Å². The lowest BCUT2D eigenvalue weighted by Gasteiger charge is -2.37. The Morgan fingerprint density at radius 1 is 1.38 bits per heavy atom. The molecular formula is C25H35N3O4. The summed E-state index contributed by atoms with van der Waals surface area (Å²) in [5.41, 5.74) is 0.984. The van der Waals surface area contributed by atoms with Crippen molar-refractivity contribution in [3.05, 3.63) is 23.4 Å². The van der Waals surface area contributed by atoms with Gasteiger partial charge in [0.15, 0.2) is 0 Å². The SMILES string of the molecule is CC(C)C#Cc1cnc2c(c1)C(=O)N([C@H](C)CO)C[C@H](C)[C@@H](CN(C)C(=O)CC1CC1)O2. The van der Waals surface area contributed by atoms with E-state index in [4.69, 9.17) is 4.74 Å². The van der Waals surface area contributed by atoms with Crippen molar-refractivity contribution in [2.75, 3.05) is 26.7 Å². The first-order chi connectivity index (χ1) is 15.2. The lowest BCUT2D eigenvalue weighted by molar-refractivity contribution is -0.131. The van der Waals surface area contributed by atoms with Crippen molar-refractivity contribution in [2.45, 2.75) is 59.1 Å². The molecule has 1 aromatic rings. The van der Waals surface area contributed by atoms with Crippen molar-refractivity contribution in [3.8, 4) is 17.7 Å². The van der Waals surface area contributed by atoms with Crippen LogP contribution in [0.3, 0.4) is 0 Å². The number of amides is 2. The predicted molar refractivity (Wildman–Crippen MR) is 122 cm³/mol. The number of carbonyl (C=O) groups is 2. The van der Waals surface area contributed by atoms with Crippen molar-refractivity contribution < 1.29 is 19.4 Å². The average Bonchev–Trinajstić information content (AvgIpc) is 3.58.